The molecule has 0 spiro atoms. The van der Waals surface area contributed by atoms with Crippen LogP contribution in [-0.2, 0) is 4.79 Å². The van der Waals surface area contributed by atoms with Crippen LogP contribution in [0, 0.1) is 0 Å². The molecule has 76 valence electrons. The van der Waals surface area contributed by atoms with Crippen LogP contribution in [0.3, 0.4) is 0 Å². The number of nitrogens with zero attached hydrogens (tertiary/aromatic N) is 1. The second kappa shape index (κ2) is 5.12. The molecule has 0 aliphatic rings. The van der Waals surface area contributed by atoms with Crippen molar-refractivity contribution in [2.24, 2.45) is 0 Å². The maximum Gasteiger partial charge on any atom is 0.237 e. The van der Waals surface area contributed by atoms with Crippen molar-refractivity contribution in [3.8, 4) is 0 Å². The Bertz CT molecular complexity index is 324. The number of ketones is 1. The summed E-state index contributed by atoms with van der Waals surface area (Å²) in [6.07, 6.45) is 0. The van der Waals surface area contributed by atoms with Crippen LogP contribution in [0.2, 0.25) is 0 Å². The van der Waals surface area contributed by atoms with Gasteiger partial charge in [0.25, 0.3) is 0 Å². The van der Waals surface area contributed by atoms with Gasteiger partial charge < -0.3 is 4.90 Å². The first-order chi connectivity index (χ1) is 6.65. The molecule has 0 saturated carbocycles. The molecule has 1 amide bonds. The molecule has 5 heteroatoms. The van der Waals surface area contributed by atoms with Gasteiger partial charge in [-0.3, -0.25) is 9.59 Å². The number of rotatable bonds is 4. The van der Waals surface area contributed by atoms with Gasteiger partial charge in [-0.25, -0.2) is 0 Å². The van der Waals surface area contributed by atoms with Gasteiger partial charge in [0.2, 0.25) is 5.91 Å². The van der Waals surface area contributed by atoms with E-state index < -0.39 is 0 Å². The van der Waals surface area contributed by atoms with E-state index in [1.807, 2.05) is 5.38 Å². The second-order valence-corrected chi connectivity index (χ2v) is 4.00. The van der Waals surface area contributed by atoms with Crippen molar-refractivity contribution < 1.29 is 9.59 Å². The van der Waals surface area contributed by atoms with E-state index in [1.165, 1.54) is 16.2 Å². The molecular formula is C9H10ClNO2S. The minimum atomic E-state index is -0.239. The lowest BCUT2D eigenvalue weighted by Crippen LogP contribution is -2.32. The number of alkyl halides is 1. The fourth-order valence-electron chi connectivity index (χ4n) is 0.921. The van der Waals surface area contributed by atoms with Crippen molar-refractivity contribution in [1.82, 2.24) is 4.90 Å². The normalized spacial score (nSPS) is 9.86. The molecular weight excluding hydrogens is 222 g/mol. The molecule has 0 aliphatic heterocycles. The number of thiophene rings is 1. The van der Waals surface area contributed by atoms with Crippen LogP contribution in [0.5, 0.6) is 0 Å². The van der Waals surface area contributed by atoms with Gasteiger partial charge in [-0.05, 0) is 11.4 Å². The zero-order valence-electron chi connectivity index (χ0n) is 7.70. The van der Waals surface area contributed by atoms with Gasteiger partial charge >= 0.3 is 0 Å². The maximum absolute atomic E-state index is 11.5. The number of carbonyl (C=O) groups is 2. The number of hydrogen-bond acceptors (Lipinski definition) is 3. The molecule has 0 bridgehead atoms. The predicted octanol–water partition coefficient (Wildman–Crippen LogP) is 1.63. The third-order valence-electron chi connectivity index (χ3n) is 1.72. The van der Waals surface area contributed by atoms with Crippen LogP contribution in [0.4, 0.5) is 0 Å². The van der Waals surface area contributed by atoms with Crippen molar-refractivity contribution in [2.45, 2.75) is 0 Å². The highest BCUT2D eigenvalue weighted by Gasteiger charge is 2.13. The summed E-state index contributed by atoms with van der Waals surface area (Å²) < 4.78 is 0. The number of carbonyl (C=O) groups excluding carboxylic acids is 2. The molecule has 1 heterocycles. The van der Waals surface area contributed by atoms with E-state index in [2.05, 4.69) is 0 Å². The number of hydrogen-bond donors (Lipinski definition) is 0. The molecule has 0 N–H and O–H groups in total. The quantitative estimate of drug-likeness (QED) is 0.584. The fourth-order valence-corrected chi connectivity index (χ4v) is 1.78. The van der Waals surface area contributed by atoms with Crippen molar-refractivity contribution in [3.05, 3.63) is 22.4 Å². The Labute approximate surface area is 91.3 Å². The maximum atomic E-state index is 11.5. The average molecular weight is 232 g/mol. The molecule has 1 aromatic rings. The van der Waals surface area contributed by atoms with Crippen LogP contribution in [0.1, 0.15) is 9.67 Å². The third kappa shape index (κ3) is 2.82. The van der Waals surface area contributed by atoms with E-state index in [4.69, 9.17) is 11.6 Å². The van der Waals surface area contributed by atoms with Crippen molar-refractivity contribution in [2.75, 3.05) is 19.5 Å². The van der Waals surface area contributed by atoms with Gasteiger partial charge in [-0.2, -0.15) is 0 Å². The second-order valence-electron chi connectivity index (χ2n) is 2.78. The van der Waals surface area contributed by atoms with Gasteiger partial charge in [0.15, 0.2) is 5.78 Å². The minimum Gasteiger partial charge on any atom is -0.337 e. The third-order valence-corrected chi connectivity index (χ3v) is 2.86. The van der Waals surface area contributed by atoms with Gasteiger partial charge in [0.1, 0.15) is 5.88 Å². The predicted molar refractivity (Wildman–Crippen MR) is 57.0 cm³/mol. The molecule has 0 saturated heterocycles. The van der Waals surface area contributed by atoms with Gasteiger partial charge in [-0.1, -0.05) is 6.07 Å². The van der Waals surface area contributed by atoms with Gasteiger partial charge in [-0.15, -0.1) is 22.9 Å². The monoisotopic (exact) mass is 231 g/mol. The Morgan fingerprint density at radius 2 is 2.29 bits per heavy atom. The summed E-state index contributed by atoms with van der Waals surface area (Å²) in [6, 6.07) is 3.55. The summed E-state index contributed by atoms with van der Waals surface area (Å²) in [5.74, 6) is -0.383. The lowest BCUT2D eigenvalue weighted by molar-refractivity contribution is -0.126. The Kier molecular flexibility index (Phi) is 4.10. The first-order valence-electron chi connectivity index (χ1n) is 4.01. The average Bonchev–Trinajstić information content (AvgIpc) is 2.69. The highest BCUT2D eigenvalue weighted by molar-refractivity contribution is 7.12. The summed E-state index contributed by atoms with van der Waals surface area (Å²) in [7, 11) is 1.57. The Morgan fingerprint density at radius 1 is 1.57 bits per heavy atom. The van der Waals surface area contributed by atoms with Crippen LogP contribution in [0.25, 0.3) is 0 Å². The van der Waals surface area contributed by atoms with Crippen LogP contribution in [-0.4, -0.2) is 36.1 Å². The molecule has 0 aliphatic carbocycles. The number of amides is 1. The Balaban J connectivity index is 2.53. The summed E-state index contributed by atoms with van der Waals surface area (Å²) in [4.78, 5) is 24.6. The molecule has 0 fully saturated rings. The molecule has 0 radical (unpaired) electrons. The van der Waals surface area contributed by atoms with E-state index in [1.54, 1.807) is 19.2 Å². The van der Waals surface area contributed by atoms with E-state index in [-0.39, 0.29) is 24.1 Å². The van der Waals surface area contributed by atoms with Crippen LogP contribution in [0.15, 0.2) is 17.5 Å². The minimum absolute atomic E-state index is 0.0547. The molecule has 0 unspecified atom stereocenters. The van der Waals surface area contributed by atoms with Crippen molar-refractivity contribution in [1.29, 1.82) is 0 Å². The standard InChI is InChI=1S/C9H10ClNO2S/c1-11(9(13)5-10)6-7(12)8-3-2-4-14-8/h2-4H,5-6H2,1H3. The van der Waals surface area contributed by atoms with E-state index >= 15 is 0 Å². The summed E-state index contributed by atoms with van der Waals surface area (Å²) >= 11 is 6.73. The first-order valence-corrected chi connectivity index (χ1v) is 5.43. The molecule has 1 rings (SSSR count). The van der Waals surface area contributed by atoms with Crippen molar-refractivity contribution in [3.63, 3.8) is 0 Å². The Morgan fingerprint density at radius 3 is 2.79 bits per heavy atom. The van der Waals surface area contributed by atoms with E-state index in [0.29, 0.717) is 4.88 Å². The first kappa shape index (κ1) is 11.2. The molecule has 0 aromatic carbocycles. The molecule has 14 heavy (non-hydrogen) atoms. The van der Waals surface area contributed by atoms with Gasteiger partial charge in [0.05, 0.1) is 11.4 Å². The molecule has 1 aromatic heterocycles. The van der Waals surface area contributed by atoms with E-state index in [9.17, 15) is 9.59 Å². The fraction of sp³-hybridized carbons (Fsp3) is 0.333. The largest absolute Gasteiger partial charge is 0.337 e. The summed E-state index contributed by atoms with van der Waals surface area (Å²) in [5.41, 5.74) is 0. The topological polar surface area (TPSA) is 37.4 Å². The lowest BCUT2D eigenvalue weighted by Gasteiger charge is -2.13. The van der Waals surface area contributed by atoms with Gasteiger partial charge in [0, 0.05) is 7.05 Å². The van der Waals surface area contributed by atoms with Crippen molar-refractivity contribution >= 4 is 34.6 Å². The number of halogens is 1. The summed E-state index contributed by atoms with van der Waals surface area (Å²) in [6.45, 7) is 0.0894. The zero-order valence-corrected chi connectivity index (χ0v) is 9.27. The number of Topliss-reactive ketones (excluding diaryl/α,β-unsaturated/α-hetero) is 1. The highest BCUT2D eigenvalue weighted by atomic mass is 35.5. The Hall–Kier alpha value is -0.870. The number of likely N-dealkylation sites (N-methyl/N-ethyl adjacent to an activating group) is 1. The smallest absolute Gasteiger partial charge is 0.237 e. The van der Waals surface area contributed by atoms with Crippen LogP contribution >= 0.6 is 22.9 Å². The summed E-state index contributed by atoms with van der Waals surface area (Å²) in [5, 5.41) is 1.83. The zero-order chi connectivity index (χ0) is 10.6. The molecule has 0 atom stereocenters. The van der Waals surface area contributed by atoms with Crippen LogP contribution < -0.4 is 0 Å². The SMILES string of the molecule is CN(CC(=O)c1cccs1)C(=O)CCl. The van der Waals surface area contributed by atoms with E-state index in [0.717, 1.165) is 0 Å². The highest BCUT2D eigenvalue weighted by Crippen LogP contribution is 2.09. The lowest BCUT2D eigenvalue weighted by atomic mass is 10.3. The molecule has 3 nitrogen and oxygen atoms in total.